The Kier molecular flexibility index (Phi) is 4.05. The third-order valence-corrected chi connectivity index (χ3v) is 12.9. The van der Waals surface area contributed by atoms with Gasteiger partial charge in [-0.2, -0.15) is 0 Å². The largest absolute Gasteiger partial charge is 0.481 e. The first kappa shape index (κ1) is 21.6. The molecular formula is C29H38O5. The minimum absolute atomic E-state index is 0.0130. The summed E-state index contributed by atoms with van der Waals surface area (Å²) in [6.07, 6.45) is 9.69. The Labute approximate surface area is 202 Å². The van der Waals surface area contributed by atoms with Gasteiger partial charge in [0.2, 0.25) is 0 Å². The molecule has 1 spiro atoms. The fraction of sp³-hybridized carbons (Fsp3) is 0.828. The lowest BCUT2D eigenvalue weighted by atomic mass is 9.33. The van der Waals surface area contributed by atoms with Gasteiger partial charge in [0.25, 0.3) is 0 Å². The van der Waals surface area contributed by atoms with Gasteiger partial charge < -0.3 is 9.84 Å². The molecule has 5 saturated carbocycles. The lowest BCUT2D eigenvalue weighted by molar-refractivity contribution is -0.206. The van der Waals surface area contributed by atoms with Crippen molar-refractivity contribution < 1.29 is 24.2 Å². The molecule has 7 aliphatic carbocycles. The van der Waals surface area contributed by atoms with E-state index in [2.05, 4.69) is 26.8 Å². The lowest BCUT2D eigenvalue weighted by Gasteiger charge is -2.71. The second-order valence-corrected chi connectivity index (χ2v) is 13.9. The number of fused-ring (bicyclic) bond motifs is 6. The van der Waals surface area contributed by atoms with Crippen LogP contribution in [0.2, 0.25) is 0 Å². The molecule has 1 heterocycles. The van der Waals surface area contributed by atoms with Gasteiger partial charge >= 0.3 is 17.9 Å². The van der Waals surface area contributed by atoms with Crippen molar-refractivity contribution in [3.8, 4) is 0 Å². The highest BCUT2D eigenvalue weighted by atomic mass is 16.6. The number of rotatable bonds is 2. The molecule has 1 N–H and O–H groups in total. The minimum atomic E-state index is -0.642. The molecular weight excluding hydrogens is 428 g/mol. The second kappa shape index (κ2) is 6.37. The first-order chi connectivity index (χ1) is 16.0. The van der Waals surface area contributed by atoms with E-state index in [0.29, 0.717) is 29.6 Å². The Morgan fingerprint density at radius 1 is 1.03 bits per heavy atom. The van der Waals surface area contributed by atoms with E-state index >= 15 is 0 Å². The standard InChI is InChI=1S/C29H38O5/c1-13(2)17-12-29-9-6-18-27(3,7-5-8-28(18,4)26(32)33)19(29)11-14(17)20-15-10-16(23(20)29)22-21(15)24(30)34-25(22)31/h12-16,18-23H,5-11H2,1-4H3,(H,32,33). The second-order valence-electron chi connectivity index (χ2n) is 13.9. The molecule has 0 amide bonds. The van der Waals surface area contributed by atoms with Crippen molar-refractivity contribution in [2.24, 2.45) is 75.4 Å². The maximum absolute atomic E-state index is 12.8. The summed E-state index contributed by atoms with van der Waals surface area (Å²) in [7, 11) is 0. The average Bonchev–Trinajstić information content (AvgIpc) is 3.45. The zero-order valence-electron chi connectivity index (χ0n) is 20.9. The maximum Gasteiger partial charge on any atom is 0.317 e. The van der Waals surface area contributed by atoms with Crippen molar-refractivity contribution in [3.05, 3.63) is 11.6 Å². The third-order valence-electron chi connectivity index (χ3n) is 12.9. The van der Waals surface area contributed by atoms with Gasteiger partial charge in [-0.15, -0.1) is 0 Å². The quantitative estimate of drug-likeness (QED) is 0.348. The summed E-state index contributed by atoms with van der Waals surface area (Å²) in [5, 5.41) is 10.3. The Hall–Kier alpha value is -1.65. The highest BCUT2D eigenvalue weighted by Gasteiger charge is 2.77. The number of hydrogen-bond donors (Lipinski definition) is 1. The number of carbonyl (C=O) groups excluding carboxylic acids is 2. The van der Waals surface area contributed by atoms with Gasteiger partial charge in [0.1, 0.15) is 0 Å². The van der Waals surface area contributed by atoms with Gasteiger partial charge in [-0.25, -0.2) is 0 Å². The molecule has 12 atom stereocenters. The molecule has 12 unspecified atom stereocenters. The van der Waals surface area contributed by atoms with Crippen LogP contribution in [-0.2, 0) is 19.1 Å². The molecule has 184 valence electrons. The molecule has 0 radical (unpaired) electrons. The fourth-order valence-electron chi connectivity index (χ4n) is 12.0. The van der Waals surface area contributed by atoms with Crippen molar-refractivity contribution in [2.75, 3.05) is 0 Å². The molecule has 0 aromatic heterocycles. The van der Waals surface area contributed by atoms with Crippen LogP contribution >= 0.6 is 0 Å². The van der Waals surface area contributed by atoms with Gasteiger partial charge in [0.05, 0.1) is 17.3 Å². The van der Waals surface area contributed by atoms with E-state index in [1.165, 1.54) is 0 Å². The Balaban J connectivity index is 1.37. The highest BCUT2D eigenvalue weighted by Crippen LogP contribution is 2.80. The Bertz CT molecular complexity index is 1040. The Morgan fingerprint density at radius 2 is 1.74 bits per heavy atom. The Morgan fingerprint density at radius 3 is 2.41 bits per heavy atom. The zero-order chi connectivity index (χ0) is 23.9. The summed E-state index contributed by atoms with van der Waals surface area (Å²) in [6, 6.07) is 0. The minimum Gasteiger partial charge on any atom is -0.481 e. The number of cyclic esters (lactones) is 2. The maximum atomic E-state index is 12.8. The summed E-state index contributed by atoms with van der Waals surface area (Å²) in [6.45, 7) is 9.06. The van der Waals surface area contributed by atoms with Crippen LogP contribution in [-0.4, -0.2) is 23.0 Å². The monoisotopic (exact) mass is 466 g/mol. The van der Waals surface area contributed by atoms with Crippen LogP contribution in [0.4, 0.5) is 0 Å². The molecule has 34 heavy (non-hydrogen) atoms. The lowest BCUT2D eigenvalue weighted by Crippen LogP contribution is -2.66. The number of aliphatic carboxylic acids is 1. The SMILES string of the molecule is CC(C)C1=CC23CCC4C(C)(C(=O)O)CCCC4(C)C2CC1C1C2CC(C4C(=O)OC(=O)C24)C13. The van der Waals surface area contributed by atoms with Crippen molar-refractivity contribution in [2.45, 2.75) is 72.6 Å². The number of carboxylic acid groups (broad SMARTS) is 1. The fourth-order valence-corrected chi connectivity index (χ4v) is 12.0. The van der Waals surface area contributed by atoms with Gasteiger partial charge in [-0.3, -0.25) is 14.4 Å². The molecule has 5 heteroatoms. The first-order valence-electron chi connectivity index (χ1n) is 13.8. The molecule has 1 aliphatic heterocycles. The molecule has 8 rings (SSSR count). The van der Waals surface area contributed by atoms with Crippen LogP contribution in [0.5, 0.6) is 0 Å². The number of carboxylic acids is 1. The topological polar surface area (TPSA) is 80.7 Å². The summed E-state index contributed by atoms with van der Waals surface area (Å²) in [5.74, 6) is 1.51. The van der Waals surface area contributed by atoms with Gasteiger partial charge in [0.15, 0.2) is 0 Å². The summed E-state index contributed by atoms with van der Waals surface area (Å²) in [5.41, 5.74) is 0.992. The molecule has 4 bridgehead atoms. The van der Waals surface area contributed by atoms with Crippen LogP contribution in [0, 0.1) is 75.4 Å². The van der Waals surface area contributed by atoms with Crippen molar-refractivity contribution in [3.63, 3.8) is 0 Å². The van der Waals surface area contributed by atoms with E-state index in [0.717, 1.165) is 44.9 Å². The summed E-state index contributed by atoms with van der Waals surface area (Å²) < 4.78 is 5.21. The summed E-state index contributed by atoms with van der Waals surface area (Å²) in [4.78, 5) is 38.0. The number of esters is 2. The predicted octanol–water partition coefficient (Wildman–Crippen LogP) is 5.09. The van der Waals surface area contributed by atoms with Crippen LogP contribution in [0.3, 0.4) is 0 Å². The van der Waals surface area contributed by atoms with E-state index in [1.54, 1.807) is 5.57 Å². The molecule has 5 nitrogen and oxygen atoms in total. The van der Waals surface area contributed by atoms with E-state index in [-0.39, 0.29) is 52.4 Å². The summed E-state index contributed by atoms with van der Waals surface area (Å²) >= 11 is 0. The van der Waals surface area contributed by atoms with E-state index in [9.17, 15) is 19.5 Å². The molecule has 6 fully saturated rings. The van der Waals surface area contributed by atoms with Crippen LogP contribution in [0.15, 0.2) is 11.6 Å². The van der Waals surface area contributed by atoms with Gasteiger partial charge in [-0.05, 0) is 104 Å². The zero-order valence-corrected chi connectivity index (χ0v) is 20.9. The van der Waals surface area contributed by atoms with E-state index < -0.39 is 11.4 Å². The van der Waals surface area contributed by atoms with Gasteiger partial charge in [0, 0.05) is 0 Å². The molecule has 1 saturated heterocycles. The molecule has 0 aromatic carbocycles. The average molecular weight is 467 g/mol. The molecule has 8 aliphatic rings. The number of ether oxygens (including phenoxy) is 1. The van der Waals surface area contributed by atoms with Crippen molar-refractivity contribution in [1.29, 1.82) is 0 Å². The molecule has 0 aromatic rings. The van der Waals surface area contributed by atoms with E-state index in [1.807, 2.05) is 6.92 Å². The number of carbonyl (C=O) groups is 3. The van der Waals surface area contributed by atoms with Crippen LogP contribution in [0.1, 0.15) is 72.6 Å². The normalized spacial score (nSPS) is 56.5. The first-order valence-corrected chi connectivity index (χ1v) is 13.8. The van der Waals surface area contributed by atoms with Crippen molar-refractivity contribution in [1.82, 2.24) is 0 Å². The van der Waals surface area contributed by atoms with Crippen molar-refractivity contribution >= 4 is 17.9 Å². The predicted molar refractivity (Wildman–Crippen MR) is 124 cm³/mol. The van der Waals surface area contributed by atoms with E-state index in [4.69, 9.17) is 4.74 Å². The number of hydrogen-bond acceptors (Lipinski definition) is 4. The van der Waals surface area contributed by atoms with Crippen LogP contribution < -0.4 is 0 Å². The third kappa shape index (κ3) is 2.19. The number of allylic oxidation sites excluding steroid dienone is 2. The van der Waals surface area contributed by atoms with Crippen LogP contribution in [0.25, 0.3) is 0 Å². The van der Waals surface area contributed by atoms with Gasteiger partial charge in [-0.1, -0.05) is 38.8 Å². The highest BCUT2D eigenvalue weighted by molar-refractivity contribution is 5.97. The smallest absolute Gasteiger partial charge is 0.317 e.